The lowest BCUT2D eigenvalue weighted by molar-refractivity contribution is 0.121. The van der Waals surface area contributed by atoms with Crippen LogP contribution in [0.1, 0.15) is 29.8 Å². The molecule has 0 spiro atoms. The number of carbonyl (C=O) groups is 1. The maximum atomic E-state index is 13.4. The number of aromatic nitrogens is 1. The fourth-order valence-electron chi connectivity index (χ4n) is 2.89. The summed E-state index contributed by atoms with van der Waals surface area (Å²) < 4.78 is 59.9. The van der Waals surface area contributed by atoms with Crippen molar-refractivity contribution in [3.8, 4) is 11.3 Å². The second-order valence-corrected chi connectivity index (χ2v) is 9.23. The van der Waals surface area contributed by atoms with Gasteiger partial charge in [0.05, 0.1) is 5.75 Å². The van der Waals surface area contributed by atoms with E-state index >= 15 is 0 Å². The Bertz CT molecular complexity index is 1210. The largest absolute Gasteiger partial charge is 0.441 e. The summed E-state index contributed by atoms with van der Waals surface area (Å²) in [7, 11) is -3.17. The van der Waals surface area contributed by atoms with Gasteiger partial charge in [0.25, 0.3) is 0 Å². The van der Waals surface area contributed by atoms with Crippen LogP contribution in [0.5, 0.6) is 0 Å². The Morgan fingerprint density at radius 1 is 1.16 bits per heavy atom. The number of hydrogen-bond acceptors (Lipinski definition) is 6. The number of hydrogen-bond donors (Lipinski definition) is 1. The van der Waals surface area contributed by atoms with Crippen LogP contribution in [-0.4, -0.2) is 25.9 Å². The number of halogens is 2. The van der Waals surface area contributed by atoms with Crippen LogP contribution in [0.15, 0.2) is 47.0 Å². The van der Waals surface area contributed by atoms with Crippen LogP contribution >= 0.6 is 0 Å². The molecule has 2 aromatic carbocycles. The van der Waals surface area contributed by atoms with Crippen molar-refractivity contribution in [3.63, 3.8) is 0 Å². The number of anilines is 1. The number of nitrogens with one attached hydrogen (secondary N) is 1. The first-order chi connectivity index (χ1) is 14.5. The van der Waals surface area contributed by atoms with E-state index in [4.69, 9.17) is 9.26 Å². The molecule has 3 rings (SSSR count). The third kappa shape index (κ3) is 5.66. The van der Waals surface area contributed by atoms with Gasteiger partial charge in [0.15, 0.2) is 27.2 Å². The fourth-order valence-corrected chi connectivity index (χ4v) is 3.69. The van der Waals surface area contributed by atoms with Gasteiger partial charge in [-0.25, -0.2) is 22.0 Å². The molecule has 1 amide bonds. The third-order valence-electron chi connectivity index (χ3n) is 4.43. The Morgan fingerprint density at radius 2 is 1.84 bits per heavy atom. The molecule has 0 saturated carbocycles. The molecule has 7 nitrogen and oxygen atoms in total. The zero-order valence-electron chi connectivity index (χ0n) is 17.0. The van der Waals surface area contributed by atoms with Crippen molar-refractivity contribution in [3.05, 3.63) is 70.9 Å². The highest BCUT2D eigenvalue weighted by molar-refractivity contribution is 7.89. The number of aryl methyl sites for hydroxylation is 1. The van der Waals surface area contributed by atoms with E-state index in [2.05, 4.69) is 10.5 Å². The Hall–Kier alpha value is -3.27. The molecule has 164 valence electrons. The zero-order valence-corrected chi connectivity index (χ0v) is 17.8. The van der Waals surface area contributed by atoms with Crippen LogP contribution in [0.3, 0.4) is 0 Å². The van der Waals surface area contributed by atoms with Crippen molar-refractivity contribution in [2.24, 2.45) is 0 Å². The molecule has 1 N–H and O–H groups in total. The zero-order chi connectivity index (χ0) is 22.8. The molecule has 0 bridgehead atoms. The van der Waals surface area contributed by atoms with Crippen LogP contribution in [-0.2, 0) is 20.3 Å². The number of benzene rings is 2. The second kappa shape index (κ2) is 8.84. The minimum Gasteiger partial charge on any atom is -0.441 e. The average Bonchev–Trinajstić information content (AvgIpc) is 3.03. The molecular formula is C21H20F2N2O5S. The topological polar surface area (TPSA) is 98.5 Å². The van der Waals surface area contributed by atoms with E-state index in [0.29, 0.717) is 16.8 Å². The summed E-state index contributed by atoms with van der Waals surface area (Å²) in [5.41, 5.74) is 2.14. The van der Waals surface area contributed by atoms with Crippen molar-refractivity contribution in [1.82, 2.24) is 5.16 Å². The van der Waals surface area contributed by atoms with Gasteiger partial charge >= 0.3 is 6.09 Å². The molecule has 0 aliphatic carbocycles. The molecule has 0 aliphatic rings. The van der Waals surface area contributed by atoms with Gasteiger partial charge in [0.1, 0.15) is 17.5 Å². The molecule has 0 radical (unpaired) electrons. The van der Waals surface area contributed by atoms with Gasteiger partial charge in [-0.15, -0.1) is 0 Å². The molecule has 10 heteroatoms. The monoisotopic (exact) mass is 450 g/mol. The van der Waals surface area contributed by atoms with E-state index in [1.165, 1.54) is 13.0 Å². The fraction of sp³-hybridized carbons (Fsp3) is 0.238. The van der Waals surface area contributed by atoms with Gasteiger partial charge in [-0.3, -0.25) is 5.32 Å². The molecule has 3 aromatic rings. The molecule has 0 aliphatic heterocycles. The first kappa shape index (κ1) is 22.4. The SMILES string of the molecule is Cc1noc(-c2ccc(CS(C)(=O)=O)cc2)c1NC(=O)OC(C)c1ccc(F)c(F)c1. The van der Waals surface area contributed by atoms with Crippen molar-refractivity contribution >= 4 is 21.6 Å². The minimum atomic E-state index is -3.17. The number of rotatable bonds is 6. The van der Waals surface area contributed by atoms with Crippen LogP contribution < -0.4 is 5.32 Å². The Morgan fingerprint density at radius 3 is 2.45 bits per heavy atom. The van der Waals surface area contributed by atoms with Gasteiger partial charge in [-0.05, 0) is 37.1 Å². The molecule has 1 heterocycles. The van der Waals surface area contributed by atoms with Crippen molar-refractivity contribution in [2.75, 3.05) is 11.6 Å². The molecule has 0 saturated heterocycles. The van der Waals surface area contributed by atoms with E-state index in [9.17, 15) is 22.0 Å². The van der Waals surface area contributed by atoms with E-state index in [1.807, 2.05) is 0 Å². The van der Waals surface area contributed by atoms with Gasteiger partial charge in [-0.1, -0.05) is 35.5 Å². The van der Waals surface area contributed by atoms with E-state index in [1.54, 1.807) is 31.2 Å². The highest BCUT2D eigenvalue weighted by atomic mass is 32.2. The first-order valence-electron chi connectivity index (χ1n) is 9.19. The number of ether oxygens (including phenoxy) is 1. The molecule has 31 heavy (non-hydrogen) atoms. The summed E-state index contributed by atoms with van der Waals surface area (Å²) in [5, 5.41) is 6.41. The van der Waals surface area contributed by atoms with Gasteiger partial charge in [-0.2, -0.15) is 0 Å². The summed E-state index contributed by atoms with van der Waals surface area (Å²) in [6.07, 6.45) is -0.525. The summed E-state index contributed by atoms with van der Waals surface area (Å²) in [4.78, 5) is 12.4. The van der Waals surface area contributed by atoms with Crippen molar-refractivity contribution in [2.45, 2.75) is 25.7 Å². The molecule has 1 unspecified atom stereocenters. The van der Waals surface area contributed by atoms with Crippen molar-refractivity contribution < 1.29 is 31.3 Å². The Kier molecular flexibility index (Phi) is 6.40. The normalized spacial score (nSPS) is 12.4. The number of sulfone groups is 1. The maximum absolute atomic E-state index is 13.4. The van der Waals surface area contributed by atoms with E-state index in [-0.39, 0.29) is 22.8 Å². The quantitative estimate of drug-likeness (QED) is 0.580. The molecule has 1 aromatic heterocycles. The van der Waals surface area contributed by atoms with Crippen LogP contribution in [0, 0.1) is 18.6 Å². The van der Waals surface area contributed by atoms with Gasteiger partial charge in [0, 0.05) is 11.8 Å². The van der Waals surface area contributed by atoms with E-state index in [0.717, 1.165) is 18.4 Å². The van der Waals surface area contributed by atoms with Gasteiger partial charge in [0.2, 0.25) is 0 Å². The van der Waals surface area contributed by atoms with Crippen molar-refractivity contribution in [1.29, 1.82) is 0 Å². The maximum Gasteiger partial charge on any atom is 0.412 e. The number of amides is 1. The standard InChI is InChI=1S/C21H20F2N2O5S/c1-12-19(24-21(26)29-13(2)16-8-9-17(22)18(23)10-16)20(30-25-12)15-6-4-14(5-7-15)11-31(3,27)28/h4-10,13H,11H2,1-3H3,(H,24,26). The summed E-state index contributed by atoms with van der Waals surface area (Å²) in [5.74, 6) is -1.86. The van der Waals surface area contributed by atoms with Crippen LogP contribution in [0.2, 0.25) is 0 Å². The van der Waals surface area contributed by atoms with Crippen LogP contribution in [0.25, 0.3) is 11.3 Å². The smallest absolute Gasteiger partial charge is 0.412 e. The molecule has 0 fully saturated rings. The summed E-state index contributed by atoms with van der Waals surface area (Å²) in [6, 6.07) is 9.83. The second-order valence-electron chi connectivity index (χ2n) is 7.09. The highest BCUT2D eigenvalue weighted by Gasteiger charge is 2.20. The predicted octanol–water partition coefficient (Wildman–Crippen LogP) is 4.78. The lowest BCUT2D eigenvalue weighted by Crippen LogP contribution is -2.17. The van der Waals surface area contributed by atoms with E-state index < -0.39 is 33.7 Å². The molecule has 1 atom stereocenters. The number of nitrogens with zero attached hydrogens (tertiary/aromatic N) is 1. The average molecular weight is 450 g/mol. The Labute approximate surface area is 177 Å². The van der Waals surface area contributed by atoms with Gasteiger partial charge < -0.3 is 9.26 Å². The lowest BCUT2D eigenvalue weighted by Gasteiger charge is -2.14. The number of carbonyl (C=O) groups excluding carboxylic acids is 1. The highest BCUT2D eigenvalue weighted by Crippen LogP contribution is 2.32. The van der Waals surface area contributed by atoms with Crippen LogP contribution in [0.4, 0.5) is 19.3 Å². The summed E-state index contributed by atoms with van der Waals surface area (Å²) in [6.45, 7) is 3.15. The Balaban J connectivity index is 1.74. The first-order valence-corrected chi connectivity index (χ1v) is 11.3. The third-order valence-corrected chi connectivity index (χ3v) is 5.29. The lowest BCUT2D eigenvalue weighted by atomic mass is 10.1. The molecular weight excluding hydrogens is 430 g/mol. The summed E-state index contributed by atoms with van der Waals surface area (Å²) >= 11 is 0. The predicted molar refractivity (Wildman–Crippen MR) is 110 cm³/mol. The minimum absolute atomic E-state index is 0.0952.